The SMILES string of the molecule is CN(C)C=C1CNc2c(N)cccc21. The number of nitrogens with two attached hydrogens (primary N) is 1. The molecule has 0 atom stereocenters. The minimum Gasteiger partial charge on any atom is -0.397 e. The van der Waals surface area contributed by atoms with Crippen molar-refractivity contribution in [1.29, 1.82) is 0 Å². The standard InChI is InChI=1S/C11H15N3/c1-14(2)7-8-6-13-11-9(8)4-3-5-10(11)12/h3-5,7,13H,6,12H2,1-2H3. The van der Waals surface area contributed by atoms with E-state index < -0.39 is 0 Å². The predicted molar refractivity (Wildman–Crippen MR) is 61.0 cm³/mol. The monoisotopic (exact) mass is 189 g/mol. The number of rotatable bonds is 1. The molecule has 0 aromatic heterocycles. The third kappa shape index (κ3) is 1.41. The fraction of sp³-hybridized carbons (Fsp3) is 0.273. The number of nitrogens with one attached hydrogen (secondary N) is 1. The Labute approximate surface area is 84.2 Å². The van der Waals surface area contributed by atoms with E-state index in [4.69, 9.17) is 5.73 Å². The van der Waals surface area contributed by atoms with Gasteiger partial charge in [0.05, 0.1) is 11.4 Å². The quantitative estimate of drug-likeness (QED) is 0.659. The number of fused-ring (bicyclic) bond motifs is 1. The summed E-state index contributed by atoms with van der Waals surface area (Å²) in [6, 6.07) is 6.01. The van der Waals surface area contributed by atoms with Crippen molar-refractivity contribution < 1.29 is 0 Å². The predicted octanol–water partition coefficient (Wildman–Crippen LogP) is 1.60. The van der Waals surface area contributed by atoms with Crippen molar-refractivity contribution >= 4 is 16.9 Å². The number of nitrogens with zero attached hydrogens (tertiary/aromatic N) is 1. The van der Waals surface area contributed by atoms with Crippen LogP contribution in [0.1, 0.15) is 5.56 Å². The first-order chi connectivity index (χ1) is 6.68. The highest BCUT2D eigenvalue weighted by Gasteiger charge is 2.17. The first-order valence-corrected chi connectivity index (χ1v) is 4.68. The molecule has 0 aliphatic carbocycles. The van der Waals surface area contributed by atoms with Gasteiger partial charge in [-0.25, -0.2) is 0 Å². The van der Waals surface area contributed by atoms with Gasteiger partial charge in [-0.05, 0) is 11.6 Å². The van der Waals surface area contributed by atoms with E-state index in [2.05, 4.69) is 22.5 Å². The summed E-state index contributed by atoms with van der Waals surface area (Å²) in [5, 5.41) is 3.30. The molecule has 74 valence electrons. The molecule has 0 unspecified atom stereocenters. The summed E-state index contributed by atoms with van der Waals surface area (Å²) in [4.78, 5) is 2.05. The zero-order chi connectivity index (χ0) is 10.1. The van der Waals surface area contributed by atoms with Gasteiger partial charge in [0.25, 0.3) is 0 Å². The summed E-state index contributed by atoms with van der Waals surface area (Å²) in [6.45, 7) is 0.863. The Kier molecular flexibility index (Phi) is 2.08. The van der Waals surface area contributed by atoms with Gasteiger partial charge in [-0.3, -0.25) is 0 Å². The largest absolute Gasteiger partial charge is 0.397 e. The summed E-state index contributed by atoms with van der Waals surface area (Å²) in [6.07, 6.45) is 2.12. The molecule has 0 amide bonds. The van der Waals surface area contributed by atoms with Crippen LogP contribution in [0.2, 0.25) is 0 Å². The van der Waals surface area contributed by atoms with E-state index in [9.17, 15) is 0 Å². The fourth-order valence-electron chi connectivity index (χ4n) is 1.74. The summed E-state index contributed by atoms with van der Waals surface area (Å²) in [7, 11) is 4.05. The van der Waals surface area contributed by atoms with Crippen LogP contribution in [0.15, 0.2) is 24.4 Å². The zero-order valence-corrected chi connectivity index (χ0v) is 8.54. The Hall–Kier alpha value is -1.64. The van der Waals surface area contributed by atoms with Gasteiger partial charge >= 0.3 is 0 Å². The van der Waals surface area contributed by atoms with Gasteiger partial charge < -0.3 is 16.0 Å². The molecule has 0 bridgehead atoms. The molecule has 1 aromatic carbocycles. The molecular weight excluding hydrogens is 174 g/mol. The van der Waals surface area contributed by atoms with E-state index in [1.807, 2.05) is 26.2 Å². The summed E-state index contributed by atoms with van der Waals surface area (Å²) in [5.41, 5.74) is 10.3. The minimum atomic E-state index is 0.824. The topological polar surface area (TPSA) is 41.3 Å². The lowest BCUT2D eigenvalue weighted by Crippen LogP contribution is -2.03. The van der Waals surface area contributed by atoms with E-state index >= 15 is 0 Å². The molecular formula is C11H15N3. The maximum atomic E-state index is 5.86. The molecule has 1 aliphatic heterocycles. The van der Waals surface area contributed by atoms with Gasteiger partial charge in [0, 0.05) is 32.4 Å². The van der Waals surface area contributed by atoms with Gasteiger partial charge in [-0.15, -0.1) is 0 Å². The fourth-order valence-corrected chi connectivity index (χ4v) is 1.74. The Morgan fingerprint density at radius 2 is 2.21 bits per heavy atom. The number of anilines is 2. The molecule has 1 aliphatic rings. The second kappa shape index (κ2) is 3.25. The number of hydrogen-bond donors (Lipinski definition) is 2. The molecule has 0 radical (unpaired) electrons. The molecule has 1 aromatic rings. The smallest absolute Gasteiger partial charge is 0.0654 e. The van der Waals surface area contributed by atoms with Crippen LogP contribution in [0, 0.1) is 0 Å². The summed E-state index contributed by atoms with van der Waals surface area (Å²) in [5.74, 6) is 0. The first kappa shape index (κ1) is 8.94. The lowest BCUT2D eigenvalue weighted by atomic mass is 10.1. The summed E-state index contributed by atoms with van der Waals surface area (Å²) < 4.78 is 0. The van der Waals surface area contributed by atoms with Gasteiger partial charge in [0.1, 0.15) is 0 Å². The molecule has 0 spiro atoms. The van der Waals surface area contributed by atoms with Crippen LogP contribution in [0.3, 0.4) is 0 Å². The maximum Gasteiger partial charge on any atom is 0.0654 e. The van der Waals surface area contributed by atoms with Crippen LogP contribution in [-0.2, 0) is 0 Å². The van der Waals surface area contributed by atoms with Crippen LogP contribution in [0.5, 0.6) is 0 Å². The normalized spacial score (nSPS) is 16.6. The van der Waals surface area contributed by atoms with Crippen molar-refractivity contribution in [2.45, 2.75) is 0 Å². The number of benzene rings is 1. The number of para-hydroxylation sites is 1. The molecule has 0 saturated carbocycles. The molecule has 0 fully saturated rings. The van der Waals surface area contributed by atoms with Crippen molar-refractivity contribution in [2.75, 3.05) is 31.7 Å². The van der Waals surface area contributed by atoms with E-state index in [1.165, 1.54) is 11.1 Å². The molecule has 2 rings (SSSR count). The first-order valence-electron chi connectivity index (χ1n) is 4.68. The highest BCUT2D eigenvalue weighted by atomic mass is 15.0. The molecule has 1 heterocycles. The van der Waals surface area contributed by atoms with E-state index in [-0.39, 0.29) is 0 Å². The van der Waals surface area contributed by atoms with Crippen molar-refractivity contribution in [1.82, 2.24) is 4.90 Å². The van der Waals surface area contributed by atoms with Crippen molar-refractivity contribution in [3.05, 3.63) is 30.0 Å². The third-order valence-corrected chi connectivity index (χ3v) is 2.31. The van der Waals surface area contributed by atoms with Crippen LogP contribution >= 0.6 is 0 Å². The Bertz CT molecular complexity index is 380. The van der Waals surface area contributed by atoms with Gasteiger partial charge in [0.15, 0.2) is 0 Å². The van der Waals surface area contributed by atoms with Crippen molar-refractivity contribution in [3.63, 3.8) is 0 Å². The zero-order valence-electron chi connectivity index (χ0n) is 8.54. The maximum absolute atomic E-state index is 5.86. The average Bonchev–Trinajstić information content (AvgIpc) is 2.49. The lowest BCUT2D eigenvalue weighted by molar-refractivity contribution is 0.565. The molecule has 14 heavy (non-hydrogen) atoms. The third-order valence-electron chi connectivity index (χ3n) is 2.31. The lowest BCUT2D eigenvalue weighted by Gasteiger charge is -2.07. The van der Waals surface area contributed by atoms with Gasteiger partial charge in [-0.2, -0.15) is 0 Å². The second-order valence-electron chi connectivity index (χ2n) is 3.74. The van der Waals surface area contributed by atoms with Crippen molar-refractivity contribution in [3.8, 4) is 0 Å². The minimum absolute atomic E-state index is 0.824. The number of nitrogen functional groups attached to an aromatic ring is 1. The van der Waals surface area contributed by atoms with Gasteiger partial charge in [0.2, 0.25) is 0 Å². The molecule has 0 saturated heterocycles. The Balaban J connectivity index is 2.45. The van der Waals surface area contributed by atoms with E-state index in [0.717, 1.165) is 17.9 Å². The Morgan fingerprint density at radius 3 is 2.93 bits per heavy atom. The van der Waals surface area contributed by atoms with Crippen LogP contribution in [-0.4, -0.2) is 25.5 Å². The Morgan fingerprint density at radius 1 is 1.43 bits per heavy atom. The second-order valence-corrected chi connectivity index (χ2v) is 3.74. The summed E-state index contributed by atoms with van der Waals surface area (Å²) >= 11 is 0. The molecule has 3 heteroatoms. The van der Waals surface area contributed by atoms with Crippen LogP contribution in [0.25, 0.3) is 5.57 Å². The van der Waals surface area contributed by atoms with Crippen molar-refractivity contribution in [2.24, 2.45) is 0 Å². The molecule has 3 nitrogen and oxygen atoms in total. The highest BCUT2D eigenvalue weighted by molar-refractivity contribution is 5.90. The van der Waals surface area contributed by atoms with Crippen LogP contribution < -0.4 is 11.1 Å². The average molecular weight is 189 g/mol. The van der Waals surface area contributed by atoms with Crippen LogP contribution in [0.4, 0.5) is 11.4 Å². The molecule has 3 N–H and O–H groups in total. The highest BCUT2D eigenvalue weighted by Crippen LogP contribution is 2.34. The van der Waals surface area contributed by atoms with E-state index in [1.54, 1.807) is 0 Å². The van der Waals surface area contributed by atoms with Gasteiger partial charge in [-0.1, -0.05) is 12.1 Å². The number of hydrogen-bond acceptors (Lipinski definition) is 3. The van der Waals surface area contributed by atoms with E-state index in [0.29, 0.717) is 0 Å².